The number of hydrogen-bond acceptors (Lipinski definition) is 4. The van der Waals surface area contributed by atoms with Gasteiger partial charge in [0, 0.05) is 29.6 Å². The normalized spacial score (nSPS) is 18.1. The van der Waals surface area contributed by atoms with E-state index in [4.69, 9.17) is 9.84 Å². The first kappa shape index (κ1) is 13.1. The molecule has 0 radical (unpaired) electrons. The number of morpholine rings is 1. The zero-order valence-electron chi connectivity index (χ0n) is 8.89. The van der Waals surface area contributed by atoms with Crippen LogP contribution in [0, 0.1) is 0 Å². The number of carbonyl (C=O) groups is 2. The summed E-state index contributed by atoms with van der Waals surface area (Å²) in [5, 5.41) is 8.40. The molecule has 1 unspecified atom stereocenters. The van der Waals surface area contributed by atoms with Crippen LogP contribution >= 0.6 is 0 Å². The number of nitrogens with zero attached hydrogens (tertiary/aromatic N) is 1. The fraction of sp³-hybridized carbons (Fsp3) is 0.778. The minimum absolute atomic E-state index is 0.0331. The largest absolute Gasteiger partial charge is 0.481 e. The monoisotopic (exact) mass is 249 g/mol. The van der Waals surface area contributed by atoms with Crippen molar-refractivity contribution in [1.82, 2.24) is 4.90 Å². The van der Waals surface area contributed by atoms with E-state index < -0.39 is 16.8 Å². The van der Waals surface area contributed by atoms with Gasteiger partial charge in [0.1, 0.15) is 5.75 Å². The van der Waals surface area contributed by atoms with Gasteiger partial charge in [-0.25, -0.2) is 0 Å². The molecule has 0 saturated carbocycles. The van der Waals surface area contributed by atoms with Gasteiger partial charge in [-0.3, -0.25) is 13.8 Å². The third-order valence-corrected chi connectivity index (χ3v) is 3.42. The molecule has 1 amide bonds. The van der Waals surface area contributed by atoms with Crippen molar-refractivity contribution >= 4 is 22.7 Å². The Kier molecular flexibility index (Phi) is 5.41. The standard InChI is InChI=1S/C9H15NO5S/c11-8(10-2-4-15-5-3-10)7-16(14)6-1-9(12)13/h1-7H2,(H,12,13). The molecule has 1 fully saturated rings. The minimum atomic E-state index is -1.39. The van der Waals surface area contributed by atoms with Gasteiger partial charge < -0.3 is 14.7 Å². The lowest BCUT2D eigenvalue weighted by molar-refractivity contribution is -0.136. The highest BCUT2D eigenvalue weighted by Crippen LogP contribution is 1.99. The van der Waals surface area contributed by atoms with Crippen molar-refractivity contribution in [2.45, 2.75) is 6.42 Å². The SMILES string of the molecule is O=C(O)CCS(=O)CC(=O)N1CCOCC1. The van der Waals surface area contributed by atoms with Gasteiger partial charge in [-0.2, -0.15) is 0 Å². The van der Waals surface area contributed by atoms with Crippen LogP contribution in [0.2, 0.25) is 0 Å². The van der Waals surface area contributed by atoms with Gasteiger partial charge in [-0.15, -0.1) is 0 Å². The van der Waals surface area contributed by atoms with E-state index in [0.717, 1.165) is 0 Å². The van der Waals surface area contributed by atoms with Crippen molar-refractivity contribution in [3.8, 4) is 0 Å². The molecule has 0 spiro atoms. The minimum Gasteiger partial charge on any atom is -0.481 e. The van der Waals surface area contributed by atoms with Gasteiger partial charge in [0.25, 0.3) is 0 Å². The molecule has 0 aliphatic carbocycles. The van der Waals surface area contributed by atoms with Gasteiger partial charge in [0.2, 0.25) is 5.91 Å². The topological polar surface area (TPSA) is 83.9 Å². The molecule has 16 heavy (non-hydrogen) atoms. The van der Waals surface area contributed by atoms with Gasteiger partial charge in [-0.1, -0.05) is 0 Å². The zero-order chi connectivity index (χ0) is 12.0. The molecule has 0 aromatic heterocycles. The smallest absolute Gasteiger partial charge is 0.304 e. The molecule has 0 aromatic rings. The number of rotatable bonds is 5. The van der Waals surface area contributed by atoms with Gasteiger partial charge >= 0.3 is 5.97 Å². The lowest BCUT2D eigenvalue weighted by Gasteiger charge is -2.26. The highest BCUT2D eigenvalue weighted by molar-refractivity contribution is 7.85. The Morgan fingerprint density at radius 1 is 1.31 bits per heavy atom. The molecule has 1 aliphatic rings. The van der Waals surface area contributed by atoms with Gasteiger partial charge in [0.15, 0.2) is 0 Å². The number of ether oxygens (including phenoxy) is 1. The Hall–Kier alpha value is -0.950. The van der Waals surface area contributed by atoms with Crippen molar-refractivity contribution in [1.29, 1.82) is 0 Å². The Labute approximate surface area is 96.0 Å². The second-order valence-electron chi connectivity index (χ2n) is 3.43. The Balaban J connectivity index is 2.26. The van der Waals surface area contributed by atoms with Crippen LogP contribution in [0.3, 0.4) is 0 Å². The Bertz CT molecular complexity index is 288. The zero-order valence-corrected chi connectivity index (χ0v) is 9.70. The average molecular weight is 249 g/mol. The highest BCUT2D eigenvalue weighted by Gasteiger charge is 2.19. The van der Waals surface area contributed by atoms with Crippen LogP contribution in [0.1, 0.15) is 6.42 Å². The van der Waals surface area contributed by atoms with Gasteiger partial charge in [-0.05, 0) is 0 Å². The van der Waals surface area contributed by atoms with Crippen LogP contribution in [-0.4, -0.2) is 63.9 Å². The Morgan fingerprint density at radius 3 is 2.50 bits per heavy atom. The quantitative estimate of drug-likeness (QED) is 0.680. The number of carboxylic acids is 1. The summed E-state index contributed by atoms with van der Waals surface area (Å²) in [6.07, 6.45) is -0.164. The molecule has 7 heteroatoms. The summed E-state index contributed by atoms with van der Waals surface area (Å²) in [7, 11) is -1.39. The van der Waals surface area contributed by atoms with E-state index in [2.05, 4.69) is 0 Å². The van der Waals surface area contributed by atoms with E-state index in [9.17, 15) is 13.8 Å². The van der Waals surface area contributed by atoms with E-state index in [1.54, 1.807) is 4.90 Å². The molecular weight excluding hydrogens is 234 g/mol. The number of amides is 1. The fourth-order valence-corrected chi connectivity index (χ4v) is 2.32. The highest BCUT2D eigenvalue weighted by atomic mass is 32.2. The maximum atomic E-state index is 11.6. The maximum Gasteiger partial charge on any atom is 0.304 e. The maximum absolute atomic E-state index is 11.6. The van der Waals surface area contributed by atoms with E-state index in [1.807, 2.05) is 0 Å². The van der Waals surface area contributed by atoms with Crippen LogP contribution in [0.25, 0.3) is 0 Å². The predicted octanol–water partition coefficient (Wildman–Crippen LogP) is -0.931. The molecule has 1 atom stereocenters. The summed E-state index contributed by atoms with van der Waals surface area (Å²) in [5.74, 6) is -1.24. The van der Waals surface area contributed by atoms with Crippen LogP contribution < -0.4 is 0 Å². The summed E-state index contributed by atoms with van der Waals surface area (Å²) < 4.78 is 16.5. The molecule has 0 bridgehead atoms. The number of carboxylic acid groups (broad SMARTS) is 1. The lowest BCUT2D eigenvalue weighted by atomic mass is 10.4. The number of aliphatic carboxylic acids is 1. The molecule has 1 N–H and O–H groups in total. The molecule has 1 rings (SSSR count). The van der Waals surface area contributed by atoms with Crippen molar-refractivity contribution < 1.29 is 23.6 Å². The Morgan fingerprint density at radius 2 is 1.94 bits per heavy atom. The molecule has 6 nitrogen and oxygen atoms in total. The number of carbonyl (C=O) groups excluding carboxylic acids is 1. The van der Waals surface area contributed by atoms with Crippen LogP contribution in [0.5, 0.6) is 0 Å². The van der Waals surface area contributed by atoms with Crippen LogP contribution in [-0.2, 0) is 25.1 Å². The second kappa shape index (κ2) is 6.59. The summed E-state index contributed by atoms with van der Waals surface area (Å²) in [4.78, 5) is 23.4. The van der Waals surface area contributed by atoms with Crippen LogP contribution in [0.15, 0.2) is 0 Å². The van der Waals surface area contributed by atoms with Gasteiger partial charge in [0.05, 0.1) is 19.6 Å². The van der Waals surface area contributed by atoms with Crippen molar-refractivity contribution in [3.63, 3.8) is 0 Å². The third kappa shape index (κ3) is 4.71. The molecule has 0 aromatic carbocycles. The van der Waals surface area contributed by atoms with Crippen molar-refractivity contribution in [2.75, 3.05) is 37.8 Å². The summed E-state index contributed by atoms with van der Waals surface area (Å²) in [6, 6.07) is 0. The first-order valence-corrected chi connectivity index (χ1v) is 6.50. The van der Waals surface area contributed by atoms with E-state index >= 15 is 0 Å². The molecule has 1 saturated heterocycles. The van der Waals surface area contributed by atoms with Crippen molar-refractivity contribution in [3.05, 3.63) is 0 Å². The lowest BCUT2D eigenvalue weighted by Crippen LogP contribution is -2.42. The second-order valence-corrected chi connectivity index (χ2v) is 5.00. The van der Waals surface area contributed by atoms with Crippen molar-refractivity contribution in [2.24, 2.45) is 0 Å². The molecule has 92 valence electrons. The molecule has 1 aliphatic heterocycles. The molecule has 1 heterocycles. The first-order chi connectivity index (χ1) is 7.59. The third-order valence-electron chi connectivity index (χ3n) is 2.19. The van der Waals surface area contributed by atoms with Crippen LogP contribution in [0.4, 0.5) is 0 Å². The van der Waals surface area contributed by atoms with E-state index in [1.165, 1.54) is 0 Å². The number of hydrogen-bond donors (Lipinski definition) is 1. The van der Waals surface area contributed by atoms with E-state index in [0.29, 0.717) is 26.3 Å². The fourth-order valence-electron chi connectivity index (χ4n) is 1.32. The summed E-state index contributed by atoms with van der Waals surface area (Å²) in [5.41, 5.74) is 0. The average Bonchev–Trinajstić information content (AvgIpc) is 2.27. The first-order valence-electron chi connectivity index (χ1n) is 5.02. The molecular formula is C9H15NO5S. The van der Waals surface area contributed by atoms with E-state index in [-0.39, 0.29) is 23.8 Å². The summed E-state index contributed by atoms with van der Waals surface area (Å²) >= 11 is 0. The predicted molar refractivity (Wildman–Crippen MR) is 57.5 cm³/mol. The summed E-state index contributed by atoms with van der Waals surface area (Å²) in [6.45, 7) is 2.06.